The average molecular weight is 213 g/mol. The summed E-state index contributed by atoms with van der Waals surface area (Å²) in [7, 11) is 0. The number of nitrogens with one attached hydrogen (secondary N) is 1. The van der Waals surface area contributed by atoms with Gasteiger partial charge in [-0.1, -0.05) is 25.4 Å². The lowest BCUT2D eigenvalue weighted by Crippen LogP contribution is -2.11. The summed E-state index contributed by atoms with van der Waals surface area (Å²) < 4.78 is 0. The fraction of sp³-hybridized carbons (Fsp3) is 0.556. The molecule has 0 aromatic carbocycles. The van der Waals surface area contributed by atoms with E-state index < -0.39 is 0 Å². The van der Waals surface area contributed by atoms with Crippen molar-refractivity contribution in [3.05, 3.63) is 11.3 Å². The molecule has 0 aliphatic heterocycles. The number of hydrogen-bond acceptors (Lipinski definition) is 4. The van der Waals surface area contributed by atoms with Gasteiger partial charge in [0.25, 0.3) is 0 Å². The summed E-state index contributed by atoms with van der Waals surface area (Å²) in [5.41, 5.74) is 5.90. The van der Waals surface area contributed by atoms with Gasteiger partial charge in [0.1, 0.15) is 17.2 Å². The minimum absolute atomic E-state index is 0.322. The van der Waals surface area contributed by atoms with Crippen LogP contribution >= 0.6 is 11.6 Å². The van der Waals surface area contributed by atoms with Crippen LogP contribution in [0.25, 0.3) is 0 Å². The molecule has 1 heterocycles. The quantitative estimate of drug-likeness (QED) is 0.786. The van der Waals surface area contributed by atoms with Gasteiger partial charge in [-0.25, -0.2) is 9.97 Å². The van der Waals surface area contributed by atoms with Crippen LogP contribution in [0, 0.1) is 5.41 Å². The van der Waals surface area contributed by atoms with Crippen molar-refractivity contribution in [1.82, 2.24) is 9.97 Å². The fourth-order valence-electron chi connectivity index (χ4n) is 1.36. The maximum absolute atomic E-state index is 5.95. The van der Waals surface area contributed by atoms with Gasteiger partial charge in [-0.3, -0.25) is 0 Å². The predicted molar refractivity (Wildman–Crippen MR) is 57.3 cm³/mol. The Morgan fingerprint density at radius 3 is 2.79 bits per heavy atom. The van der Waals surface area contributed by atoms with Crippen molar-refractivity contribution in [2.75, 3.05) is 11.1 Å². The largest absolute Gasteiger partial charge is 0.382 e. The van der Waals surface area contributed by atoms with E-state index >= 15 is 0 Å². The van der Waals surface area contributed by atoms with Crippen molar-refractivity contribution in [3.63, 3.8) is 0 Å². The molecule has 1 aliphatic carbocycles. The predicted octanol–water partition coefficient (Wildman–Crippen LogP) is 1.92. The van der Waals surface area contributed by atoms with E-state index in [-0.39, 0.29) is 0 Å². The molecule has 0 bridgehead atoms. The second-order valence-electron chi connectivity index (χ2n) is 4.31. The second-order valence-corrected chi connectivity index (χ2v) is 4.69. The Morgan fingerprint density at radius 2 is 2.21 bits per heavy atom. The van der Waals surface area contributed by atoms with Crippen LogP contribution in [0.4, 0.5) is 11.6 Å². The van der Waals surface area contributed by atoms with E-state index in [0.717, 1.165) is 6.42 Å². The molecule has 0 saturated heterocycles. The summed E-state index contributed by atoms with van der Waals surface area (Å²) in [6, 6.07) is 0.439. The lowest BCUT2D eigenvalue weighted by molar-refractivity contribution is 0.630. The van der Waals surface area contributed by atoms with Crippen molar-refractivity contribution in [1.29, 1.82) is 0 Å². The molecule has 1 aromatic heterocycles. The SMILES string of the molecule is CC1(C)CC1Nc1ncnc(N)c1Cl. The number of nitrogens with zero attached hydrogens (tertiary/aromatic N) is 2. The van der Waals surface area contributed by atoms with E-state index in [1.54, 1.807) is 0 Å². The molecule has 1 saturated carbocycles. The summed E-state index contributed by atoms with van der Waals surface area (Å²) in [5.74, 6) is 0.956. The third-order valence-electron chi connectivity index (χ3n) is 2.64. The minimum atomic E-state index is 0.322. The van der Waals surface area contributed by atoms with Gasteiger partial charge in [0.15, 0.2) is 5.82 Å². The number of anilines is 2. The highest BCUT2D eigenvalue weighted by Crippen LogP contribution is 2.47. The van der Waals surface area contributed by atoms with Gasteiger partial charge in [-0.15, -0.1) is 0 Å². The molecule has 0 spiro atoms. The average Bonchev–Trinajstić information content (AvgIpc) is 2.68. The van der Waals surface area contributed by atoms with Crippen LogP contribution in [0.1, 0.15) is 20.3 Å². The van der Waals surface area contributed by atoms with Gasteiger partial charge in [0.2, 0.25) is 0 Å². The van der Waals surface area contributed by atoms with Crippen LogP contribution in [0.15, 0.2) is 6.33 Å². The van der Waals surface area contributed by atoms with Gasteiger partial charge in [-0.05, 0) is 11.8 Å². The first-order chi connectivity index (χ1) is 6.50. The van der Waals surface area contributed by atoms with E-state index in [1.165, 1.54) is 6.33 Å². The number of hydrogen-bond donors (Lipinski definition) is 2. The number of nitrogen functional groups attached to an aromatic ring is 1. The maximum atomic E-state index is 5.95. The first-order valence-corrected chi connectivity index (χ1v) is 4.91. The van der Waals surface area contributed by atoms with Crippen LogP contribution in [-0.4, -0.2) is 16.0 Å². The zero-order valence-corrected chi connectivity index (χ0v) is 8.97. The number of nitrogens with two attached hydrogens (primary N) is 1. The van der Waals surface area contributed by atoms with Crippen LogP contribution < -0.4 is 11.1 Å². The van der Waals surface area contributed by atoms with Crippen LogP contribution in [-0.2, 0) is 0 Å². The molecule has 76 valence electrons. The van der Waals surface area contributed by atoms with E-state index in [9.17, 15) is 0 Å². The summed E-state index contributed by atoms with van der Waals surface area (Å²) in [4.78, 5) is 7.85. The summed E-state index contributed by atoms with van der Waals surface area (Å²) >= 11 is 5.95. The zero-order valence-electron chi connectivity index (χ0n) is 8.21. The number of halogens is 1. The smallest absolute Gasteiger partial charge is 0.150 e. The van der Waals surface area contributed by atoms with E-state index in [2.05, 4.69) is 29.1 Å². The van der Waals surface area contributed by atoms with E-state index in [1.807, 2.05) is 0 Å². The first-order valence-electron chi connectivity index (χ1n) is 4.53. The minimum Gasteiger partial charge on any atom is -0.382 e. The van der Waals surface area contributed by atoms with E-state index in [0.29, 0.717) is 28.1 Å². The Balaban J connectivity index is 2.14. The Bertz CT molecular complexity index is 364. The van der Waals surface area contributed by atoms with Crippen molar-refractivity contribution in [2.24, 2.45) is 5.41 Å². The summed E-state index contributed by atoms with van der Waals surface area (Å²) in [6.07, 6.45) is 2.55. The standard InChI is InChI=1S/C9H13ClN4/c1-9(2)3-5(9)14-8-6(10)7(11)12-4-13-8/h4-5H,3H2,1-2H3,(H3,11,12,13,14). The molecule has 1 aromatic rings. The lowest BCUT2D eigenvalue weighted by Gasteiger charge is -2.09. The van der Waals surface area contributed by atoms with Gasteiger partial charge < -0.3 is 11.1 Å². The molecular weight excluding hydrogens is 200 g/mol. The summed E-state index contributed by atoms with van der Waals surface area (Å²) in [5, 5.41) is 3.66. The van der Waals surface area contributed by atoms with Crippen molar-refractivity contribution < 1.29 is 0 Å². The lowest BCUT2D eigenvalue weighted by atomic mass is 10.2. The second kappa shape index (κ2) is 2.98. The summed E-state index contributed by atoms with van der Waals surface area (Å²) in [6.45, 7) is 4.40. The van der Waals surface area contributed by atoms with Crippen molar-refractivity contribution >= 4 is 23.2 Å². The van der Waals surface area contributed by atoms with Crippen LogP contribution in [0.5, 0.6) is 0 Å². The molecule has 1 atom stereocenters. The highest BCUT2D eigenvalue weighted by atomic mass is 35.5. The molecule has 0 radical (unpaired) electrons. The fourth-order valence-corrected chi connectivity index (χ4v) is 1.51. The van der Waals surface area contributed by atoms with Crippen molar-refractivity contribution in [3.8, 4) is 0 Å². The molecule has 1 aliphatic rings. The number of rotatable bonds is 2. The molecule has 5 heteroatoms. The molecular formula is C9H13ClN4. The molecule has 3 N–H and O–H groups in total. The molecule has 1 unspecified atom stereocenters. The molecule has 4 nitrogen and oxygen atoms in total. The van der Waals surface area contributed by atoms with Gasteiger partial charge >= 0.3 is 0 Å². The van der Waals surface area contributed by atoms with Crippen molar-refractivity contribution in [2.45, 2.75) is 26.3 Å². The highest BCUT2D eigenvalue weighted by Gasteiger charge is 2.46. The topological polar surface area (TPSA) is 63.8 Å². The highest BCUT2D eigenvalue weighted by molar-refractivity contribution is 6.35. The molecule has 14 heavy (non-hydrogen) atoms. The third kappa shape index (κ3) is 1.62. The third-order valence-corrected chi connectivity index (χ3v) is 3.01. The molecule has 1 fully saturated rings. The maximum Gasteiger partial charge on any atom is 0.150 e. The molecule has 2 rings (SSSR count). The van der Waals surface area contributed by atoms with Crippen LogP contribution in [0.2, 0.25) is 5.02 Å². The first kappa shape index (κ1) is 9.52. The number of aromatic nitrogens is 2. The zero-order chi connectivity index (χ0) is 10.3. The Morgan fingerprint density at radius 1 is 1.57 bits per heavy atom. The normalized spacial score (nSPS) is 23.2. The Kier molecular flexibility index (Phi) is 2.03. The van der Waals surface area contributed by atoms with Gasteiger partial charge in [0, 0.05) is 6.04 Å². The van der Waals surface area contributed by atoms with Gasteiger partial charge in [-0.2, -0.15) is 0 Å². The van der Waals surface area contributed by atoms with Gasteiger partial charge in [0.05, 0.1) is 0 Å². The molecule has 0 amide bonds. The van der Waals surface area contributed by atoms with E-state index in [4.69, 9.17) is 17.3 Å². The monoisotopic (exact) mass is 212 g/mol. The Hall–Kier alpha value is -1.03. The Labute approximate surface area is 87.9 Å². The van der Waals surface area contributed by atoms with Crippen LogP contribution in [0.3, 0.4) is 0 Å².